The van der Waals surface area contributed by atoms with Crippen molar-refractivity contribution in [3.05, 3.63) is 0 Å². The minimum atomic E-state index is -0.539. The minimum Gasteiger partial charge on any atom is -0.370 e. The largest absolute Gasteiger partial charge is 0.370 e. The molecule has 1 unspecified atom stereocenters. The normalized spacial score (nSPS) is 13.5. The van der Waals surface area contributed by atoms with Gasteiger partial charge in [0.15, 0.2) is 5.96 Å². The number of halogens is 1. The highest BCUT2D eigenvalue weighted by Gasteiger charge is 2.26. The second-order valence-corrected chi connectivity index (χ2v) is 6.81. The van der Waals surface area contributed by atoms with Crippen LogP contribution in [0, 0.1) is 11.3 Å². The Bertz CT molecular complexity index is 343. The van der Waals surface area contributed by atoms with Crippen molar-refractivity contribution in [1.82, 2.24) is 10.6 Å². The van der Waals surface area contributed by atoms with Crippen molar-refractivity contribution in [3.8, 4) is 0 Å². The molecule has 0 aromatic carbocycles. The lowest BCUT2D eigenvalue weighted by molar-refractivity contribution is -0.128. The number of rotatable bonds is 9. The average molecular weight is 426 g/mol. The van der Waals surface area contributed by atoms with Crippen LogP contribution < -0.4 is 16.4 Å². The van der Waals surface area contributed by atoms with E-state index in [9.17, 15) is 4.79 Å². The highest BCUT2D eigenvalue weighted by molar-refractivity contribution is 14.0. The molecule has 0 saturated carbocycles. The van der Waals surface area contributed by atoms with Gasteiger partial charge in [-0.15, -0.1) is 24.0 Å². The molecule has 0 saturated heterocycles. The molecule has 0 aliphatic rings. The Balaban J connectivity index is 0. The Kier molecular flexibility index (Phi) is 12.9. The molecule has 0 aromatic heterocycles. The molecule has 0 heterocycles. The third-order valence-electron chi connectivity index (χ3n) is 3.41. The van der Waals surface area contributed by atoms with E-state index in [4.69, 9.17) is 5.73 Å². The summed E-state index contributed by atoms with van der Waals surface area (Å²) in [5.41, 5.74) is 5.36. The quantitative estimate of drug-likeness (QED) is 0.301. The molecule has 1 atom stereocenters. The van der Waals surface area contributed by atoms with Crippen molar-refractivity contribution >= 4 is 35.8 Å². The lowest BCUT2D eigenvalue weighted by Gasteiger charge is -2.22. The number of nitrogens with two attached hydrogens (primary N) is 1. The monoisotopic (exact) mass is 426 g/mol. The number of aliphatic imine (C=N–C) groups is 1. The van der Waals surface area contributed by atoms with E-state index in [0.29, 0.717) is 25.1 Å². The summed E-state index contributed by atoms with van der Waals surface area (Å²) in [4.78, 5) is 16.2. The van der Waals surface area contributed by atoms with E-state index in [1.165, 1.54) is 12.8 Å². The summed E-state index contributed by atoms with van der Waals surface area (Å²) in [6, 6.07) is 0.306. The van der Waals surface area contributed by atoms with Crippen LogP contribution in [0.2, 0.25) is 0 Å². The highest BCUT2D eigenvalue weighted by atomic mass is 127. The fraction of sp³-hybridized carbons (Fsp3) is 0.875. The van der Waals surface area contributed by atoms with Crippen LogP contribution in [-0.2, 0) is 4.79 Å². The number of amides is 1. The van der Waals surface area contributed by atoms with Gasteiger partial charge in [-0.05, 0) is 40.0 Å². The maximum absolute atomic E-state index is 11.9. The lowest BCUT2D eigenvalue weighted by atomic mass is 9.92. The van der Waals surface area contributed by atoms with Crippen LogP contribution in [-0.4, -0.2) is 31.0 Å². The molecule has 5 nitrogen and oxygen atoms in total. The summed E-state index contributed by atoms with van der Waals surface area (Å²) in [5, 5.41) is 6.01. The Hall–Kier alpha value is -0.530. The van der Waals surface area contributed by atoms with E-state index in [1.54, 1.807) is 0 Å². The zero-order valence-electron chi connectivity index (χ0n) is 15.0. The predicted molar refractivity (Wildman–Crippen MR) is 106 cm³/mol. The van der Waals surface area contributed by atoms with Crippen LogP contribution in [0.15, 0.2) is 4.99 Å². The van der Waals surface area contributed by atoms with E-state index in [1.807, 2.05) is 20.8 Å². The Morgan fingerprint density at radius 2 is 1.82 bits per heavy atom. The smallest absolute Gasteiger partial charge is 0.227 e. The van der Waals surface area contributed by atoms with Gasteiger partial charge in [-0.2, -0.15) is 0 Å². The predicted octanol–water partition coefficient (Wildman–Crippen LogP) is 2.89. The van der Waals surface area contributed by atoms with Crippen molar-refractivity contribution in [2.75, 3.05) is 13.1 Å². The second kappa shape index (κ2) is 12.0. The Morgan fingerprint density at radius 3 is 2.32 bits per heavy atom. The molecule has 0 aliphatic carbocycles. The number of guanidine groups is 1. The van der Waals surface area contributed by atoms with Crippen molar-refractivity contribution in [2.45, 2.75) is 66.8 Å². The molecule has 0 rings (SSSR count). The lowest BCUT2D eigenvalue weighted by Crippen LogP contribution is -2.42. The maximum Gasteiger partial charge on any atom is 0.227 e. The molecule has 0 fully saturated rings. The first-order valence-corrected chi connectivity index (χ1v) is 8.03. The van der Waals surface area contributed by atoms with E-state index in [0.717, 1.165) is 12.3 Å². The van der Waals surface area contributed by atoms with Gasteiger partial charge < -0.3 is 16.4 Å². The minimum absolute atomic E-state index is 0. The summed E-state index contributed by atoms with van der Waals surface area (Å²) < 4.78 is 0. The fourth-order valence-corrected chi connectivity index (χ4v) is 1.96. The molecule has 22 heavy (non-hydrogen) atoms. The molecule has 0 aliphatic heterocycles. The summed E-state index contributed by atoms with van der Waals surface area (Å²) in [6.45, 7) is 13.3. The van der Waals surface area contributed by atoms with Crippen molar-refractivity contribution in [3.63, 3.8) is 0 Å². The van der Waals surface area contributed by atoms with Crippen LogP contribution in [0.3, 0.4) is 0 Å². The van der Waals surface area contributed by atoms with Gasteiger partial charge >= 0.3 is 0 Å². The summed E-state index contributed by atoms with van der Waals surface area (Å²) in [7, 11) is 0. The number of carbonyl (C=O) groups excluding carboxylic acids is 1. The van der Waals surface area contributed by atoms with Gasteiger partial charge in [0.25, 0.3) is 0 Å². The SMILES string of the molecule is CCNC(=O)C(C)(C)CN=C(N)NC(C)CCCC(C)C.I. The summed E-state index contributed by atoms with van der Waals surface area (Å²) in [5.74, 6) is 1.16. The number of hydrogen-bond donors (Lipinski definition) is 3. The molecule has 1 amide bonds. The van der Waals surface area contributed by atoms with Gasteiger partial charge in [-0.1, -0.05) is 26.7 Å². The molecular weight excluding hydrogens is 391 g/mol. The van der Waals surface area contributed by atoms with Crippen LogP contribution in [0.4, 0.5) is 0 Å². The molecule has 0 bridgehead atoms. The van der Waals surface area contributed by atoms with E-state index in [2.05, 4.69) is 36.4 Å². The molecule has 0 aromatic rings. The maximum atomic E-state index is 11.9. The number of hydrogen-bond acceptors (Lipinski definition) is 2. The number of carbonyl (C=O) groups is 1. The Labute approximate surface area is 153 Å². The first kappa shape index (κ1) is 23.7. The molecule has 132 valence electrons. The van der Waals surface area contributed by atoms with Crippen molar-refractivity contribution in [2.24, 2.45) is 22.1 Å². The van der Waals surface area contributed by atoms with Gasteiger partial charge in [0.2, 0.25) is 5.91 Å². The second-order valence-electron chi connectivity index (χ2n) is 6.81. The van der Waals surface area contributed by atoms with E-state index < -0.39 is 5.41 Å². The first-order chi connectivity index (χ1) is 9.69. The third-order valence-corrected chi connectivity index (χ3v) is 3.41. The standard InChI is InChI=1S/C16H34N4O.HI/c1-7-18-14(21)16(5,6)11-19-15(17)20-13(4)10-8-9-12(2)3;/h12-13H,7-11H2,1-6H3,(H,18,21)(H3,17,19,20);1H. The van der Waals surface area contributed by atoms with Crippen LogP contribution in [0.1, 0.15) is 60.8 Å². The van der Waals surface area contributed by atoms with Crippen molar-refractivity contribution < 1.29 is 4.79 Å². The van der Waals surface area contributed by atoms with Crippen LogP contribution >= 0.6 is 24.0 Å². The van der Waals surface area contributed by atoms with Crippen LogP contribution in [0.25, 0.3) is 0 Å². The van der Waals surface area contributed by atoms with Gasteiger partial charge in [-0.3, -0.25) is 9.79 Å². The van der Waals surface area contributed by atoms with Crippen LogP contribution in [0.5, 0.6) is 0 Å². The molecule has 0 spiro atoms. The molecule has 0 radical (unpaired) electrons. The fourth-order valence-electron chi connectivity index (χ4n) is 1.96. The Morgan fingerprint density at radius 1 is 1.23 bits per heavy atom. The van der Waals surface area contributed by atoms with E-state index >= 15 is 0 Å². The van der Waals surface area contributed by atoms with Gasteiger partial charge in [0, 0.05) is 12.6 Å². The summed E-state index contributed by atoms with van der Waals surface area (Å²) >= 11 is 0. The van der Waals surface area contributed by atoms with E-state index in [-0.39, 0.29) is 29.9 Å². The molecule has 6 heteroatoms. The number of nitrogens with zero attached hydrogens (tertiary/aromatic N) is 1. The van der Waals surface area contributed by atoms with Gasteiger partial charge in [0.05, 0.1) is 12.0 Å². The average Bonchev–Trinajstić information content (AvgIpc) is 2.36. The first-order valence-electron chi connectivity index (χ1n) is 8.03. The summed E-state index contributed by atoms with van der Waals surface area (Å²) in [6.07, 6.45) is 3.49. The zero-order chi connectivity index (χ0) is 16.5. The molecular formula is C16H35IN4O. The number of nitrogens with one attached hydrogen (secondary N) is 2. The van der Waals surface area contributed by atoms with Gasteiger partial charge in [0.1, 0.15) is 0 Å². The highest BCUT2D eigenvalue weighted by Crippen LogP contribution is 2.15. The van der Waals surface area contributed by atoms with Crippen molar-refractivity contribution in [1.29, 1.82) is 0 Å². The zero-order valence-corrected chi connectivity index (χ0v) is 17.4. The molecule has 4 N–H and O–H groups in total. The third kappa shape index (κ3) is 11.1. The topological polar surface area (TPSA) is 79.5 Å². The van der Waals surface area contributed by atoms with Gasteiger partial charge in [-0.25, -0.2) is 0 Å².